The summed E-state index contributed by atoms with van der Waals surface area (Å²) < 4.78 is 11.2. The molecule has 656 valence electrons. The molecule has 0 spiro atoms. The summed E-state index contributed by atoms with van der Waals surface area (Å²) in [6.45, 7) is 24.3. The number of halogens is 6. The number of methoxy groups -OCH3 is 2. The van der Waals surface area contributed by atoms with E-state index in [9.17, 15) is 0 Å². The third-order valence-corrected chi connectivity index (χ3v) is 28.5. The molecule has 0 saturated carbocycles. The summed E-state index contributed by atoms with van der Waals surface area (Å²) in [6, 6.07) is 34.2. The van der Waals surface area contributed by atoms with E-state index < -0.39 is 0 Å². The maximum absolute atomic E-state index is 6.34. The van der Waals surface area contributed by atoms with Crippen LogP contribution in [0.25, 0.3) is 112 Å². The molecule has 5 aromatic carbocycles. The van der Waals surface area contributed by atoms with E-state index in [1.807, 2.05) is 135 Å². The third-order valence-electron chi connectivity index (χ3n) is 26.2. The lowest BCUT2D eigenvalue weighted by atomic mass is 9.78. The summed E-state index contributed by atoms with van der Waals surface area (Å²) >= 11 is 37.5. The van der Waals surface area contributed by atoms with Crippen LogP contribution in [0.5, 0.6) is 5.75 Å². The number of aromatic amines is 5. The third kappa shape index (κ3) is 19.1. The van der Waals surface area contributed by atoms with E-state index in [0.29, 0.717) is 80.2 Å². The van der Waals surface area contributed by atoms with Crippen LogP contribution in [-0.4, -0.2) is 193 Å². The predicted octanol–water partition coefficient (Wildman–Crippen LogP) is 21.0. The van der Waals surface area contributed by atoms with E-state index in [4.69, 9.17) is 105 Å². The van der Waals surface area contributed by atoms with Gasteiger partial charge in [-0.2, -0.15) is 25.5 Å². The van der Waals surface area contributed by atoms with Crippen molar-refractivity contribution in [2.24, 2.45) is 22.0 Å². The molecule has 5 saturated heterocycles. The second-order valence-electron chi connectivity index (χ2n) is 33.9. The minimum atomic E-state index is -0.00239. The fourth-order valence-electron chi connectivity index (χ4n) is 16.9. The molecule has 0 radical (unpaired) electrons. The minimum absolute atomic E-state index is 0.00239. The first kappa shape index (κ1) is 88.7. The number of benzene rings is 5. The zero-order valence-electron chi connectivity index (χ0n) is 72.1. The highest BCUT2D eigenvalue weighted by atomic mass is 35.5. The zero-order chi connectivity index (χ0) is 87.9. The predicted molar refractivity (Wildman–Crippen MR) is 508 cm³/mol. The minimum Gasteiger partial charge on any atom is -0.496 e. The summed E-state index contributed by atoms with van der Waals surface area (Å²) in [6.07, 6.45) is 25.1. The summed E-state index contributed by atoms with van der Waals surface area (Å²) in [4.78, 5) is 58.0. The number of hydrogen-bond donors (Lipinski definition) is 6. The first-order valence-electron chi connectivity index (χ1n) is 43.2. The Labute approximate surface area is 761 Å². The Morgan fingerprint density at radius 3 is 0.937 bits per heavy atom. The standard InChI is InChI=1S/C20H25N5O.C19H21Cl2N5.C19H22ClN5O.C18H21ClN6.C16H15Cl2N5/c1-4-20(2)9-11-25(12-10-20)16-13-21-18-17(23-24-19(18)22-16)14-7-5-6-8-15(14)26-3;1-3-19(2)7-9-26(10-8-19)14-11-22-17-16(24-25-18(17)23-14)12-5-4-6-13(20)15(12)21;1-3-19(26-2)8-10-25(11-9-19)15-12-21-17-16(23-24-18(17)22-15)13-6-4-5-7-14(13)20;1-18(11-20)6-8-25(9-7-18)14-10-21-16-15(23-24-17(16)22-14)12-4-2-3-5-13(12)19;17-11-6-4-5-10(13(11)18)14-15-16(22-21-14)20-12(9-19-15)23-7-2-1-3-8-23/h5-8,13H,4,9-12H2,1-3H3,(H,22,23,24);4-6,11H,3,7-10H2,1-2H3,(H,23,24,25);4-7,12H,3,8-11H2,1-2H3,(H,22,23,24);2-5,10H,6-9,11,20H2,1H3,(H,22,23,24);4-6,9H,1-3,7-8H2,(H,20,21,22). The average Bonchev–Trinajstić information content (AvgIpc) is 1.63. The molecule has 0 atom stereocenters. The van der Waals surface area contributed by atoms with E-state index in [1.54, 1.807) is 19.2 Å². The van der Waals surface area contributed by atoms with Gasteiger partial charge in [-0.25, -0.2) is 49.8 Å². The van der Waals surface area contributed by atoms with Gasteiger partial charge in [-0.3, -0.25) is 25.5 Å². The lowest BCUT2D eigenvalue weighted by Gasteiger charge is -2.40. The van der Waals surface area contributed by atoms with Crippen LogP contribution in [0.3, 0.4) is 0 Å². The highest BCUT2D eigenvalue weighted by molar-refractivity contribution is 6.44. The second-order valence-corrected chi connectivity index (χ2v) is 36.3. The van der Waals surface area contributed by atoms with Gasteiger partial charge in [-0.05, 0) is 136 Å². The number of para-hydroxylation sites is 1. The maximum Gasteiger partial charge on any atom is 0.202 e. The highest BCUT2D eigenvalue weighted by Gasteiger charge is 2.36. The van der Waals surface area contributed by atoms with Gasteiger partial charge in [0.1, 0.15) is 62.4 Å². The number of anilines is 5. The number of hydrogen-bond acceptors (Lipinski definition) is 23. The normalized spacial score (nSPS) is 16.7. The molecule has 28 nitrogen and oxygen atoms in total. The highest BCUT2D eigenvalue weighted by Crippen LogP contribution is 2.43. The molecule has 0 unspecified atom stereocenters. The first-order chi connectivity index (χ1) is 61.1. The topological polar surface area (TPSA) is 333 Å². The smallest absolute Gasteiger partial charge is 0.202 e. The molecular formula is C92H104Cl6N26O2. The average molecular weight is 1820 g/mol. The molecule has 5 fully saturated rings. The molecule has 10 aromatic heterocycles. The van der Waals surface area contributed by atoms with Crippen LogP contribution in [0.15, 0.2) is 140 Å². The van der Waals surface area contributed by atoms with Gasteiger partial charge in [0.25, 0.3) is 0 Å². The number of nitrogens with zero attached hydrogens (tertiary/aromatic N) is 20. The van der Waals surface area contributed by atoms with Gasteiger partial charge in [0.2, 0.25) is 28.2 Å². The molecule has 15 heterocycles. The van der Waals surface area contributed by atoms with Crippen molar-refractivity contribution in [1.82, 2.24) is 101 Å². The van der Waals surface area contributed by atoms with Crippen LogP contribution >= 0.6 is 69.6 Å². The molecule has 0 aliphatic carbocycles. The quantitative estimate of drug-likeness (QED) is 0.0523. The van der Waals surface area contributed by atoms with Crippen LogP contribution in [0.2, 0.25) is 30.1 Å². The van der Waals surface area contributed by atoms with Gasteiger partial charge in [0, 0.05) is 100 Å². The Morgan fingerprint density at radius 1 is 0.333 bits per heavy atom. The van der Waals surface area contributed by atoms with Gasteiger partial charge in [-0.1, -0.05) is 197 Å². The molecule has 5 aliphatic rings. The van der Waals surface area contributed by atoms with Crippen molar-refractivity contribution in [3.8, 4) is 62.0 Å². The Morgan fingerprint density at radius 2 is 0.619 bits per heavy atom. The van der Waals surface area contributed by atoms with E-state index in [2.05, 4.69) is 147 Å². The van der Waals surface area contributed by atoms with E-state index in [0.717, 1.165) is 212 Å². The van der Waals surface area contributed by atoms with Gasteiger partial charge in [0.15, 0.2) is 0 Å². The lowest BCUT2D eigenvalue weighted by Crippen LogP contribution is -2.45. The van der Waals surface area contributed by atoms with Crippen LogP contribution in [0.1, 0.15) is 131 Å². The molecular weight excluding hydrogens is 1710 g/mol. The molecule has 7 N–H and O–H groups in total. The molecule has 34 heteroatoms. The fourth-order valence-corrected chi connectivity index (χ4v) is 18.2. The molecule has 15 aromatic rings. The van der Waals surface area contributed by atoms with Crippen molar-refractivity contribution in [1.29, 1.82) is 0 Å². The monoisotopic (exact) mass is 1810 g/mol. The van der Waals surface area contributed by atoms with Gasteiger partial charge < -0.3 is 39.7 Å². The number of fused-ring (bicyclic) bond motifs is 5. The number of piperidine rings is 5. The number of nitrogens with one attached hydrogen (secondary N) is 5. The molecule has 20 rings (SSSR count). The van der Waals surface area contributed by atoms with E-state index in [-0.39, 0.29) is 11.0 Å². The fraction of sp³-hybridized carbons (Fsp3) is 0.402. The number of ether oxygens (including phenoxy) is 2. The zero-order valence-corrected chi connectivity index (χ0v) is 76.6. The van der Waals surface area contributed by atoms with Gasteiger partial charge in [0.05, 0.1) is 102 Å². The van der Waals surface area contributed by atoms with Crippen LogP contribution in [0.4, 0.5) is 29.1 Å². The summed E-state index contributed by atoms with van der Waals surface area (Å²) in [7, 11) is 3.48. The number of aromatic nitrogens is 20. The van der Waals surface area contributed by atoms with E-state index >= 15 is 0 Å². The van der Waals surface area contributed by atoms with Crippen LogP contribution in [-0.2, 0) is 4.74 Å². The number of H-pyrrole nitrogens is 5. The second kappa shape index (κ2) is 38.9. The molecule has 0 amide bonds. The van der Waals surface area contributed by atoms with Crippen molar-refractivity contribution < 1.29 is 9.47 Å². The van der Waals surface area contributed by atoms with Crippen LogP contribution in [0, 0.1) is 16.2 Å². The SMILES string of the molecule is CC1(CN)CCN(c2cnc3c(-c4ccccc4Cl)[nH]nc3n2)CC1.CCC1(C)CCN(c2cnc3c(-c4cccc(Cl)c4Cl)[nH]nc3n2)CC1.CCC1(C)CCN(c2cnc3c(-c4ccccc4OC)[nH]nc3n2)CC1.CCC1(OC)CCN(c2cnc3c(-c4ccccc4Cl)[nH]nc3n2)CC1.Clc1cccc(-c2[nH]nc3nc(N4CCCCC4)cnc23)c1Cl. The Bertz CT molecular complexity index is 6270. The summed E-state index contributed by atoms with van der Waals surface area (Å²) in [5, 5.41) is 40.2. The Hall–Kier alpha value is -10.7. The number of nitrogens with two attached hydrogens (primary N) is 1. The Balaban J connectivity index is 0.000000116. The maximum atomic E-state index is 6.34. The van der Waals surface area contributed by atoms with Crippen molar-refractivity contribution in [3.05, 3.63) is 170 Å². The van der Waals surface area contributed by atoms with Crippen molar-refractivity contribution in [2.45, 2.75) is 137 Å². The van der Waals surface area contributed by atoms with Crippen molar-refractivity contribution in [2.75, 3.05) is 111 Å². The van der Waals surface area contributed by atoms with Gasteiger partial charge in [-0.15, -0.1) is 0 Å². The summed E-state index contributed by atoms with van der Waals surface area (Å²) in [5.74, 6) is 5.19. The first-order valence-corrected chi connectivity index (χ1v) is 45.5. The van der Waals surface area contributed by atoms with Gasteiger partial charge >= 0.3 is 0 Å². The van der Waals surface area contributed by atoms with Crippen LogP contribution < -0.4 is 35.0 Å². The van der Waals surface area contributed by atoms with Crippen molar-refractivity contribution >= 4 is 155 Å². The van der Waals surface area contributed by atoms with Crippen molar-refractivity contribution in [3.63, 3.8) is 0 Å². The molecule has 5 aliphatic heterocycles. The lowest BCUT2D eigenvalue weighted by molar-refractivity contribution is -0.0323. The molecule has 126 heavy (non-hydrogen) atoms. The largest absolute Gasteiger partial charge is 0.496 e. The molecule has 0 bridgehead atoms. The number of rotatable bonds is 16. The van der Waals surface area contributed by atoms with E-state index in [1.165, 1.54) is 57.8 Å². The summed E-state index contributed by atoms with van der Waals surface area (Å²) in [5.41, 5.74) is 21.9. The Kier molecular flexibility index (Phi) is 27.4.